The van der Waals surface area contributed by atoms with E-state index in [2.05, 4.69) is 31.2 Å². The van der Waals surface area contributed by atoms with E-state index in [4.69, 9.17) is 4.42 Å². The molecule has 104 valence electrons. The molecule has 2 rings (SSSR count). The summed E-state index contributed by atoms with van der Waals surface area (Å²) in [7, 11) is 4.11. The largest absolute Gasteiger partial charge is 0.459 e. The number of nitrogens with zero attached hydrogens (tertiary/aromatic N) is 1. The maximum Gasteiger partial charge on any atom is 0.134 e. The average Bonchev–Trinajstić information content (AvgIpc) is 2.76. The third-order valence-electron chi connectivity index (χ3n) is 3.16. The Labute approximate surface area is 113 Å². The van der Waals surface area contributed by atoms with Gasteiger partial charge in [-0.25, -0.2) is 4.39 Å². The Morgan fingerprint density at radius 1 is 1.32 bits per heavy atom. The molecule has 2 aromatic rings. The van der Waals surface area contributed by atoms with Crippen LogP contribution in [-0.2, 0) is 0 Å². The molecule has 1 heterocycles. The summed E-state index contributed by atoms with van der Waals surface area (Å²) in [5, 5.41) is 4.24. The van der Waals surface area contributed by atoms with Gasteiger partial charge in [0, 0.05) is 5.39 Å². The molecule has 0 saturated carbocycles. The molecule has 0 aliphatic carbocycles. The van der Waals surface area contributed by atoms with Crippen molar-refractivity contribution in [1.82, 2.24) is 10.2 Å². The second kappa shape index (κ2) is 6.17. The highest BCUT2D eigenvalue weighted by Crippen LogP contribution is 2.26. The Balaban J connectivity index is 2.22. The van der Waals surface area contributed by atoms with Gasteiger partial charge in [-0.3, -0.25) is 0 Å². The summed E-state index contributed by atoms with van der Waals surface area (Å²) in [4.78, 5) is 2.15. The summed E-state index contributed by atoms with van der Waals surface area (Å²) < 4.78 is 19.0. The minimum absolute atomic E-state index is 0.169. The van der Waals surface area contributed by atoms with Crippen LogP contribution in [0.15, 0.2) is 28.7 Å². The Morgan fingerprint density at radius 2 is 2.11 bits per heavy atom. The van der Waals surface area contributed by atoms with E-state index < -0.39 is 0 Å². The number of rotatable bonds is 6. The van der Waals surface area contributed by atoms with Crippen LogP contribution in [0.2, 0.25) is 0 Å². The van der Waals surface area contributed by atoms with Crippen molar-refractivity contribution in [1.29, 1.82) is 0 Å². The van der Waals surface area contributed by atoms with Crippen molar-refractivity contribution in [3.63, 3.8) is 0 Å². The van der Waals surface area contributed by atoms with Crippen molar-refractivity contribution < 1.29 is 8.81 Å². The van der Waals surface area contributed by atoms with Gasteiger partial charge in [0.1, 0.15) is 17.2 Å². The summed E-state index contributed by atoms with van der Waals surface area (Å²) in [6.45, 7) is 3.93. The lowest BCUT2D eigenvalue weighted by atomic mass is 10.1. The van der Waals surface area contributed by atoms with Crippen LogP contribution >= 0.6 is 0 Å². The first-order valence-electron chi connectivity index (χ1n) is 6.67. The van der Waals surface area contributed by atoms with Gasteiger partial charge in [-0.15, -0.1) is 0 Å². The molecule has 0 saturated heterocycles. The van der Waals surface area contributed by atoms with Gasteiger partial charge in [0.15, 0.2) is 0 Å². The third kappa shape index (κ3) is 3.55. The molecule has 4 heteroatoms. The smallest absolute Gasteiger partial charge is 0.134 e. The van der Waals surface area contributed by atoms with Crippen LogP contribution in [0.3, 0.4) is 0 Å². The fraction of sp³-hybridized carbons (Fsp3) is 0.467. The zero-order valence-electron chi connectivity index (χ0n) is 11.7. The molecule has 1 atom stereocenters. The maximum absolute atomic E-state index is 13.2. The van der Waals surface area contributed by atoms with Crippen molar-refractivity contribution in [3.8, 4) is 0 Å². The van der Waals surface area contributed by atoms with Crippen LogP contribution in [0, 0.1) is 5.82 Å². The molecular formula is C15H21FN2O. The molecule has 0 bridgehead atoms. The van der Waals surface area contributed by atoms with E-state index in [0.717, 1.165) is 36.2 Å². The fourth-order valence-corrected chi connectivity index (χ4v) is 2.19. The van der Waals surface area contributed by atoms with Crippen LogP contribution < -0.4 is 5.32 Å². The van der Waals surface area contributed by atoms with Gasteiger partial charge >= 0.3 is 0 Å². The SMILES string of the molecule is CCNC(CCN(C)C)c1cc2cc(F)ccc2o1. The molecule has 19 heavy (non-hydrogen) atoms. The van der Waals surface area contributed by atoms with Crippen LogP contribution in [0.1, 0.15) is 25.1 Å². The molecule has 1 unspecified atom stereocenters. The topological polar surface area (TPSA) is 28.4 Å². The Hall–Kier alpha value is -1.39. The van der Waals surface area contributed by atoms with Gasteiger partial charge in [-0.2, -0.15) is 0 Å². The van der Waals surface area contributed by atoms with E-state index in [0.29, 0.717) is 0 Å². The highest BCUT2D eigenvalue weighted by Gasteiger charge is 2.15. The first kappa shape index (κ1) is 14.0. The zero-order chi connectivity index (χ0) is 13.8. The monoisotopic (exact) mass is 264 g/mol. The number of halogens is 1. The first-order chi connectivity index (χ1) is 9.10. The lowest BCUT2D eigenvalue weighted by Gasteiger charge is -2.18. The Morgan fingerprint density at radius 3 is 2.79 bits per heavy atom. The maximum atomic E-state index is 13.2. The molecule has 0 spiro atoms. The van der Waals surface area contributed by atoms with Crippen LogP contribution in [0.25, 0.3) is 11.0 Å². The number of hydrogen-bond donors (Lipinski definition) is 1. The average molecular weight is 264 g/mol. The van der Waals surface area contributed by atoms with Crippen molar-refractivity contribution in [3.05, 3.63) is 35.8 Å². The number of nitrogens with one attached hydrogen (secondary N) is 1. The van der Waals surface area contributed by atoms with Crippen LogP contribution in [0.5, 0.6) is 0 Å². The molecule has 1 N–H and O–H groups in total. The number of fused-ring (bicyclic) bond motifs is 1. The number of benzene rings is 1. The molecule has 0 fully saturated rings. The van der Waals surface area contributed by atoms with E-state index in [1.165, 1.54) is 12.1 Å². The second-order valence-corrected chi connectivity index (χ2v) is 5.03. The number of furan rings is 1. The predicted octanol–water partition coefficient (Wildman–Crippen LogP) is 3.17. The summed E-state index contributed by atoms with van der Waals surface area (Å²) in [6, 6.07) is 6.72. The van der Waals surface area contributed by atoms with Crippen molar-refractivity contribution in [2.45, 2.75) is 19.4 Å². The van der Waals surface area contributed by atoms with Gasteiger partial charge in [0.2, 0.25) is 0 Å². The lowest BCUT2D eigenvalue weighted by molar-refractivity contribution is 0.340. The summed E-state index contributed by atoms with van der Waals surface area (Å²) in [6.07, 6.45) is 0.961. The lowest BCUT2D eigenvalue weighted by Crippen LogP contribution is -2.25. The Kier molecular flexibility index (Phi) is 4.56. The van der Waals surface area contributed by atoms with Gasteiger partial charge in [-0.05, 0) is 57.9 Å². The second-order valence-electron chi connectivity index (χ2n) is 5.03. The van der Waals surface area contributed by atoms with Gasteiger partial charge in [-0.1, -0.05) is 6.92 Å². The van der Waals surface area contributed by atoms with Crippen LogP contribution in [-0.4, -0.2) is 32.1 Å². The predicted molar refractivity (Wildman–Crippen MR) is 75.8 cm³/mol. The van der Waals surface area contributed by atoms with E-state index in [9.17, 15) is 4.39 Å². The van der Waals surface area contributed by atoms with Crippen molar-refractivity contribution in [2.24, 2.45) is 0 Å². The quantitative estimate of drug-likeness (QED) is 0.868. The molecular weight excluding hydrogens is 243 g/mol. The molecule has 0 radical (unpaired) electrons. The minimum atomic E-state index is -0.229. The summed E-state index contributed by atoms with van der Waals surface area (Å²) in [5.41, 5.74) is 0.740. The molecule has 0 aliphatic rings. The van der Waals surface area contributed by atoms with E-state index in [1.54, 1.807) is 6.07 Å². The van der Waals surface area contributed by atoms with Gasteiger partial charge < -0.3 is 14.6 Å². The highest BCUT2D eigenvalue weighted by molar-refractivity contribution is 5.78. The van der Waals surface area contributed by atoms with Crippen LogP contribution in [0.4, 0.5) is 4.39 Å². The molecule has 1 aromatic heterocycles. The third-order valence-corrected chi connectivity index (χ3v) is 3.16. The van der Waals surface area contributed by atoms with Crippen molar-refractivity contribution in [2.75, 3.05) is 27.2 Å². The highest BCUT2D eigenvalue weighted by atomic mass is 19.1. The van der Waals surface area contributed by atoms with Crippen molar-refractivity contribution >= 4 is 11.0 Å². The minimum Gasteiger partial charge on any atom is -0.459 e. The van der Waals surface area contributed by atoms with Gasteiger partial charge in [0.25, 0.3) is 0 Å². The molecule has 1 aromatic carbocycles. The summed E-state index contributed by atoms with van der Waals surface area (Å²) >= 11 is 0. The molecule has 0 amide bonds. The zero-order valence-corrected chi connectivity index (χ0v) is 11.7. The Bertz CT molecular complexity index is 536. The number of hydrogen-bond acceptors (Lipinski definition) is 3. The molecule has 3 nitrogen and oxygen atoms in total. The standard InChI is InChI=1S/C15H21FN2O/c1-4-17-13(7-8-18(2)3)15-10-11-9-12(16)5-6-14(11)19-15/h5-6,9-10,13,17H,4,7-8H2,1-3H3. The normalized spacial score (nSPS) is 13.3. The van der Waals surface area contributed by atoms with E-state index in [-0.39, 0.29) is 11.9 Å². The van der Waals surface area contributed by atoms with Gasteiger partial charge in [0.05, 0.1) is 6.04 Å². The summed E-state index contributed by atoms with van der Waals surface area (Å²) in [5.74, 6) is 0.650. The van der Waals surface area contributed by atoms with E-state index >= 15 is 0 Å². The fourth-order valence-electron chi connectivity index (χ4n) is 2.19. The van der Waals surface area contributed by atoms with E-state index in [1.807, 2.05) is 6.07 Å². The first-order valence-corrected chi connectivity index (χ1v) is 6.67. The molecule has 0 aliphatic heterocycles.